The number of aromatic nitrogens is 1. The van der Waals surface area contributed by atoms with Gasteiger partial charge in [0.2, 0.25) is 0 Å². The van der Waals surface area contributed by atoms with Crippen LogP contribution in [0.1, 0.15) is 10.6 Å². The summed E-state index contributed by atoms with van der Waals surface area (Å²) >= 11 is 13.2. The predicted molar refractivity (Wildman–Crippen MR) is 113 cm³/mol. The summed E-state index contributed by atoms with van der Waals surface area (Å²) < 4.78 is 5.05. The minimum absolute atomic E-state index is 0.106. The summed E-state index contributed by atoms with van der Waals surface area (Å²) in [5, 5.41) is 14.2. The van der Waals surface area contributed by atoms with Crippen LogP contribution in [0.2, 0.25) is 10.0 Å². The molecule has 0 spiro atoms. The summed E-state index contributed by atoms with van der Waals surface area (Å²) in [4.78, 5) is 27.9. The van der Waals surface area contributed by atoms with E-state index in [-0.39, 0.29) is 27.3 Å². The van der Waals surface area contributed by atoms with E-state index < -0.39 is 5.56 Å². The van der Waals surface area contributed by atoms with Crippen LogP contribution in [-0.2, 0) is 0 Å². The average Bonchev–Trinajstić information content (AvgIpc) is 3.20. The molecule has 0 fully saturated rings. The number of rotatable bonds is 4. The van der Waals surface area contributed by atoms with Crippen molar-refractivity contribution in [3.05, 3.63) is 81.0 Å². The topological polar surface area (TPSA) is 95.3 Å². The average molecular weight is 447 g/mol. The molecule has 2 aromatic carbocycles. The fraction of sp³-hybridized carbons (Fsp3) is 0. The van der Waals surface area contributed by atoms with Gasteiger partial charge in [-0.1, -0.05) is 35.0 Å². The van der Waals surface area contributed by atoms with Gasteiger partial charge < -0.3 is 19.8 Å². The lowest BCUT2D eigenvalue weighted by Gasteiger charge is -2.09. The molecule has 3 N–H and O–H groups in total. The molecule has 2 aromatic heterocycles. The van der Waals surface area contributed by atoms with Gasteiger partial charge in [0, 0.05) is 15.6 Å². The maximum Gasteiger partial charge on any atom is 0.291 e. The van der Waals surface area contributed by atoms with Crippen molar-refractivity contribution in [1.29, 1.82) is 0 Å². The lowest BCUT2D eigenvalue weighted by molar-refractivity contribution is 0.0996. The molecule has 0 aliphatic rings. The highest BCUT2D eigenvalue weighted by molar-refractivity contribution is 7.99. The number of carbonyl (C=O) groups is 1. The third kappa shape index (κ3) is 3.98. The Morgan fingerprint density at radius 1 is 1.14 bits per heavy atom. The standard InChI is InChI=1S/C20H12Cl2N2O4S/c21-10-8-13(22)16-14(9-10)24-20(27)18(17(16)25)29-12-5-3-11(4-6-12)23-19(26)15-2-1-7-28-15/h1-9H,(H,23,26)(H2,24,25,27). The molecule has 0 unspecified atom stereocenters. The van der Waals surface area contributed by atoms with Crippen LogP contribution >= 0.6 is 35.0 Å². The van der Waals surface area contributed by atoms with Crippen molar-refractivity contribution in [2.45, 2.75) is 9.79 Å². The molecule has 29 heavy (non-hydrogen) atoms. The van der Waals surface area contributed by atoms with E-state index in [0.717, 1.165) is 11.8 Å². The highest BCUT2D eigenvalue weighted by atomic mass is 35.5. The quantitative estimate of drug-likeness (QED) is 0.382. The Balaban J connectivity index is 1.60. The Morgan fingerprint density at radius 2 is 1.90 bits per heavy atom. The van der Waals surface area contributed by atoms with Gasteiger partial charge in [-0.05, 0) is 48.5 Å². The zero-order valence-electron chi connectivity index (χ0n) is 14.5. The van der Waals surface area contributed by atoms with E-state index in [1.54, 1.807) is 36.4 Å². The zero-order chi connectivity index (χ0) is 20.5. The number of nitrogens with one attached hydrogen (secondary N) is 2. The summed E-state index contributed by atoms with van der Waals surface area (Å²) in [6.45, 7) is 0. The third-order valence-electron chi connectivity index (χ3n) is 4.04. The van der Waals surface area contributed by atoms with Gasteiger partial charge in [0.1, 0.15) is 10.6 Å². The third-order valence-corrected chi connectivity index (χ3v) is 5.65. The number of halogens is 2. The Kier molecular flexibility index (Phi) is 5.27. The van der Waals surface area contributed by atoms with E-state index in [1.807, 2.05) is 0 Å². The zero-order valence-corrected chi connectivity index (χ0v) is 16.9. The number of hydrogen-bond acceptors (Lipinski definition) is 5. The Hall–Kier alpha value is -2.87. The molecular weight excluding hydrogens is 435 g/mol. The number of aromatic amines is 1. The molecule has 0 atom stereocenters. The maximum absolute atomic E-state index is 12.4. The smallest absolute Gasteiger partial charge is 0.291 e. The molecule has 4 aromatic rings. The van der Waals surface area contributed by atoms with Crippen molar-refractivity contribution in [3.8, 4) is 5.75 Å². The second kappa shape index (κ2) is 7.87. The number of fused-ring (bicyclic) bond motifs is 1. The largest absolute Gasteiger partial charge is 0.506 e. The van der Waals surface area contributed by atoms with Crippen molar-refractivity contribution in [1.82, 2.24) is 4.98 Å². The van der Waals surface area contributed by atoms with Gasteiger partial charge in [0.05, 0.1) is 22.2 Å². The molecule has 0 bridgehead atoms. The molecule has 9 heteroatoms. The van der Waals surface area contributed by atoms with Crippen molar-refractivity contribution < 1.29 is 14.3 Å². The summed E-state index contributed by atoms with van der Waals surface area (Å²) in [5.41, 5.74) is 0.448. The van der Waals surface area contributed by atoms with Crippen molar-refractivity contribution in [2.75, 3.05) is 5.32 Å². The molecule has 0 aliphatic carbocycles. The van der Waals surface area contributed by atoms with Crippen molar-refractivity contribution in [3.63, 3.8) is 0 Å². The van der Waals surface area contributed by atoms with Crippen LogP contribution in [-0.4, -0.2) is 16.0 Å². The number of amides is 1. The minimum Gasteiger partial charge on any atom is -0.506 e. The molecule has 0 saturated carbocycles. The summed E-state index contributed by atoms with van der Waals surface area (Å²) in [6.07, 6.45) is 1.42. The first-order valence-corrected chi connectivity index (χ1v) is 9.86. The van der Waals surface area contributed by atoms with Gasteiger partial charge >= 0.3 is 0 Å². The normalized spacial score (nSPS) is 11.0. The van der Waals surface area contributed by atoms with Gasteiger partial charge in [-0.25, -0.2) is 0 Å². The summed E-state index contributed by atoms with van der Waals surface area (Å²) in [7, 11) is 0. The monoisotopic (exact) mass is 446 g/mol. The number of aromatic hydroxyl groups is 1. The van der Waals surface area contributed by atoms with Crippen LogP contribution < -0.4 is 10.9 Å². The number of benzene rings is 2. The molecule has 0 aliphatic heterocycles. The van der Waals surface area contributed by atoms with Crippen LogP contribution in [0.15, 0.2) is 73.8 Å². The van der Waals surface area contributed by atoms with E-state index >= 15 is 0 Å². The highest BCUT2D eigenvalue weighted by Gasteiger charge is 2.16. The van der Waals surface area contributed by atoms with Crippen LogP contribution in [0.25, 0.3) is 10.9 Å². The number of H-pyrrole nitrogens is 1. The van der Waals surface area contributed by atoms with Crippen LogP contribution in [0.5, 0.6) is 5.75 Å². The minimum atomic E-state index is -0.464. The van der Waals surface area contributed by atoms with Gasteiger partial charge in [-0.2, -0.15) is 0 Å². The first-order valence-electron chi connectivity index (χ1n) is 8.29. The highest BCUT2D eigenvalue weighted by Crippen LogP contribution is 2.39. The van der Waals surface area contributed by atoms with Crippen LogP contribution in [0.4, 0.5) is 5.69 Å². The second-order valence-corrected chi connectivity index (χ2v) is 7.93. The fourth-order valence-electron chi connectivity index (χ4n) is 2.73. The van der Waals surface area contributed by atoms with Crippen LogP contribution in [0, 0.1) is 0 Å². The molecule has 0 radical (unpaired) electrons. The van der Waals surface area contributed by atoms with E-state index in [0.29, 0.717) is 26.5 Å². The van der Waals surface area contributed by atoms with Gasteiger partial charge in [0.25, 0.3) is 11.5 Å². The first kappa shape index (κ1) is 19.4. The predicted octanol–water partition coefficient (Wildman–Crippen LogP) is 5.54. The molecule has 2 heterocycles. The molecule has 0 saturated heterocycles. The lowest BCUT2D eigenvalue weighted by atomic mass is 10.2. The van der Waals surface area contributed by atoms with Gasteiger partial charge in [-0.3, -0.25) is 9.59 Å². The number of carbonyl (C=O) groups excluding carboxylic acids is 1. The lowest BCUT2D eigenvalue weighted by Crippen LogP contribution is -2.10. The molecule has 4 rings (SSSR count). The number of anilines is 1. The Bertz CT molecular complexity index is 1270. The van der Waals surface area contributed by atoms with Gasteiger partial charge in [0.15, 0.2) is 5.76 Å². The molecular formula is C20H12Cl2N2O4S. The van der Waals surface area contributed by atoms with Crippen molar-refractivity contribution in [2.24, 2.45) is 0 Å². The maximum atomic E-state index is 12.4. The fourth-order valence-corrected chi connectivity index (χ4v) is 4.17. The van der Waals surface area contributed by atoms with Crippen LogP contribution in [0.3, 0.4) is 0 Å². The Labute approximate surface area is 178 Å². The number of pyridine rings is 1. The SMILES string of the molecule is O=C(Nc1ccc(Sc2c(O)c3c(Cl)cc(Cl)cc3[nH]c2=O)cc1)c1ccco1. The number of hydrogen-bond donors (Lipinski definition) is 3. The molecule has 6 nitrogen and oxygen atoms in total. The van der Waals surface area contributed by atoms with Crippen molar-refractivity contribution >= 4 is 57.5 Å². The van der Waals surface area contributed by atoms with E-state index in [2.05, 4.69) is 10.3 Å². The van der Waals surface area contributed by atoms with E-state index in [9.17, 15) is 14.7 Å². The second-order valence-electron chi connectivity index (χ2n) is 6.00. The number of furan rings is 1. The van der Waals surface area contributed by atoms with Gasteiger partial charge in [-0.15, -0.1) is 0 Å². The Morgan fingerprint density at radius 3 is 2.59 bits per heavy atom. The molecule has 1 amide bonds. The van der Waals surface area contributed by atoms with E-state index in [4.69, 9.17) is 27.6 Å². The summed E-state index contributed by atoms with van der Waals surface area (Å²) in [6, 6.07) is 13.0. The first-order chi connectivity index (χ1) is 13.9. The summed E-state index contributed by atoms with van der Waals surface area (Å²) in [5.74, 6) is -0.383. The van der Waals surface area contributed by atoms with E-state index in [1.165, 1.54) is 18.4 Å². The molecule has 146 valence electrons.